The predicted octanol–water partition coefficient (Wildman–Crippen LogP) is 1.59. The number of carbonyl (C=O) groups is 3. The van der Waals surface area contributed by atoms with Gasteiger partial charge < -0.3 is 25.5 Å². The predicted molar refractivity (Wildman–Crippen MR) is 118 cm³/mol. The number of hydrogen-bond acceptors (Lipinski definition) is 5. The summed E-state index contributed by atoms with van der Waals surface area (Å²) in [4.78, 5) is 40.2. The Morgan fingerprint density at radius 1 is 1.10 bits per heavy atom. The highest BCUT2D eigenvalue weighted by molar-refractivity contribution is 6.39. The molecule has 162 valence electrons. The van der Waals surface area contributed by atoms with E-state index in [0.717, 1.165) is 25.1 Å². The summed E-state index contributed by atoms with van der Waals surface area (Å²) in [7, 11) is 2.03. The van der Waals surface area contributed by atoms with E-state index in [9.17, 15) is 19.5 Å². The van der Waals surface area contributed by atoms with Gasteiger partial charge in [0.25, 0.3) is 0 Å². The second kappa shape index (κ2) is 8.77. The van der Waals surface area contributed by atoms with Gasteiger partial charge in [0.05, 0.1) is 6.10 Å². The monoisotopic (exact) mass is 422 g/mol. The first kappa shape index (κ1) is 20.9. The molecule has 1 fully saturated rings. The molecule has 31 heavy (non-hydrogen) atoms. The molecule has 0 spiro atoms. The van der Waals surface area contributed by atoms with Crippen molar-refractivity contribution in [2.45, 2.75) is 25.4 Å². The topological polar surface area (TPSA) is 102 Å². The molecule has 4 rings (SSSR count). The molecule has 0 bridgehead atoms. The first-order valence-electron chi connectivity index (χ1n) is 10.4. The van der Waals surface area contributed by atoms with Crippen molar-refractivity contribution in [3.63, 3.8) is 0 Å². The van der Waals surface area contributed by atoms with E-state index in [4.69, 9.17) is 0 Å². The number of aliphatic hydroxyl groups is 1. The average molecular weight is 422 g/mol. The Morgan fingerprint density at radius 3 is 2.71 bits per heavy atom. The van der Waals surface area contributed by atoms with Gasteiger partial charge in [-0.1, -0.05) is 18.2 Å². The normalized spacial score (nSPS) is 16.3. The summed E-state index contributed by atoms with van der Waals surface area (Å²) < 4.78 is 0. The van der Waals surface area contributed by atoms with E-state index in [0.29, 0.717) is 29.9 Å². The number of nitrogens with one attached hydrogen (secondary N) is 2. The molecule has 0 radical (unpaired) electrons. The van der Waals surface area contributed by atoms with Crippen molar-refractivity contribution >= 4 is 34.8 Å². The molecule has 0 aliphatic carbocycles. The summed E-state index contributed by atoms with van der Waals surface area (Å²) in [5, 5.41) is 15.4. The Labute approximate surface area is 180 Å². The average Bonchev–Trinajstić information content (AvgIpc) is 3.37. The second-order valence-electron chi connectivity index (χ2n) is 7.94. The van der Waals surface area contributed by atoms with Crippen molar-refractivity contribution in [2.24, 2.45) is 0 Å². The smallest absolute Gasteiger partial charge is 0.313 e. The molecule has 2 heterocycles. The number of rotatable bonds is 5. The van der Waals surface area contributed by atoms with E-state index in [1.807, 2.05) is 25.2 Å². The van der Waals surface area contributed by atoms with Crippen LogP contribution in [0.1, 0.15) is 30.1 Å². The summed E-state index contributed by atoms with van der Waals surface area (Å²) in [5.41, 5.74) is 4.15. The van der Waals surface area contributed by atoms with Crippen LogP contribution in [0.2, 0.25) is 0 Å². The Hall–Kier alpha value is -3.39. The molecule has 2 aliphatic rings. The van der Waals surface area contributed by atoms with Gasteiger partial charge in [0.1, 0.15) is 0 Å². The summed E-state index contributed by atoms with van der Waals surface area (Å²) >= 11 is 0. The number of anilines is 3. The Balaban J connectivity index is 1.32. The minimum absolute atomic E-state index is 0.0495. The van der Waals surface area contributed by atoms with Crippen LogP contribution < -0.4 is 20.4 Å². The van der Waals surface area contributed by atoms with E-state index in [1.54, 1.807) is 29.2 Å². The lowest BCUT2D eigenvalue weighted by atomic mass is 10.0. The molecule has 1 saturated heterocycles. The van der Waals surface area contributed by atoms with Gasteiger partial charge in [-0.2, -0.15) is 0 Å². The lowest BCUT2D eigenvalue weighted by molar-refractivity contribution is -0.136. The number of carbonyl (C=O) groups excluding carboxylic acids is 3. The van der Waals surface area contributed by atoms with E-state index in [-0.39, 0.29) is 12.5 Å². The maximum atomic E-state index is 12.3. The van der Waals surface area contributed by atoms with Crippen molar-refractivity contribution in [3.8, 4) is 0 Å². The summed E-state index contributed by atoms with van der Waals surface area (Å²) in [6.07, 6.45) is 1.34. The third-order valence-corrected chi connectivity index (χ3v) is 5.77. The zero-order valence-electron chi connectivity index (χ0n) is 17.4. The molecule has 8 nitrogen and oxygen atoms in total. The SMILES string of the molecule is CN1CCc2cc(C(O)CNC(=O)C(=O)Nc3cccc(N4CCCC4=O)c3)ccc21. The highest BCUT2D eigenvalue weighted by atomic mass is 16.3. The van der Waals surface area contributed by atoms with Crippen LogP contribution in [0.3, 0.4) is 0 Å². The molecular formula is C23H26N4O4. The number of fused-ring (bicyclic) bond motifs is 1. The van der Waals surface area contributed by atoms with Gasteiger partial charge in [-0.05, 0) is 48.2 Å². The number of amides is 3. The van der Waals surface area contributed by atoms with Gasteiger partial charge in [-0.25, -0.2) is 0 Å². The maximum absolute atomic E-state index is 12.3. The van der Waals surface area contributed by atoms with E-state index in [2.05, 4.69) is 15.5 Å². The van der Waals surface area contributed by atoms with Gasteiger partial charge in [-0.3, -0.25) is 14.4 Å². The number of benzene rings is 2. The molecule has 2 aromatic rings. The fourth-order valence-electron chi connectivity index (χ4n) is 4.04. The van der Waals surface area contributed by atoms with Crippen molar-refractivity contribution in [1.29, 1.82) is 0 Å². The summed E-state index contributed by atoms with van der Waals surface area (Å²) in [5.74, 6) is -1.61. The van der Waals surface area contributed by atoms with E-state index < -0.39 is 17.9 Å². The molecule has 3 N–H and O–H groups in total. The van der Waals surface area contributed by atoms with Gasteiger partial charge in [0, 0.05) is 50.2 Å². The highest BCUT2D eigenvalue weighted by Gasteiger charge is 2.23. The zero-order chi connectivity index (χ0) is 22.0. The Kier molecular flexibility index (Phi) is 5.90. The van der Waals surface area contributed by atoms with Crippen LogP contribution >= 0.6 is 0 Å². The van der Waals surface area contributed by atoms with Crippen LogP contribution in [-0.4, -0.2) is 49.5 Å². The number of nitrogens with zero attached hydrogens (tertiary/aromatic N) is 2. The van der Waals surface area contributed by atoms with Crippen molar-refractivity contribution in [1.82, 2.24) is 5.32 Å². The van der Waals surface area contributed by atoms with Crippen LogP contribution in [0.4, 0.5) is 17.1 Å². The standard InChI is InChI=1S/C23H26N4O4/c1-26-11-9-15-12-16(7-8-19(15)26)20(28)14-24-22(30)23(31)25-17-4-2-5-18(13-17)27-10-3-6-21(27)29/h2,4-5,7-8,12-13,20,28H,3,6,9-11,14H2,1H3,(H,24,30)(H,25,31). The molecule has 2 aliphatic heterocycles. The Morgan fingerprint density at radius 2 is 1.94 bits per heavy atom. The lowest BCUT2D eigenvalue weighted by Gasteiger charge is -2.17. The van der Waals surface area contributed by atoms with Crippen LogP contribution in [0.5, 0.6) is 0 Å². The summed E-state index contributed by atoms with van der Waals surface area (Å²) in [6.45, 7) is 1.52. The van der Waals surface area contributed by atoms with Crippen LogP contribution in [0, 0.1) is 0 Å². The molecular weight excluding hydrogens is 396 g/mol. The molecule has 8 heteroatoms. The third-order valence-electron chi connectivity index (χ3n) is 5.77. The molecule has 0 saturated carbocycles. The fraction of sp³-hybridized carbons (Fsp3) is 0.348. The zero-order valence-corrected chi connectivity index (χ0v) is 17.4. The second-order valence-corrected chi connectivity index (χ2v) is 7.94. The van der Waals surface area contributed by atoms with Crippen LogP contribution in [0.15, 0.2) is 42.5 Å². The summed E-state index contributed by atoms with van der Waals surface area (Å²) in [6, 6.07) is 12.6. The van der Waals surface area contributed by atoms with Crippen LogP contribution in [-0.2, 0) is 20.8 Å². The molecule has 3 amide bonds. The fourth-order valence-corrected chi connectivity index (χ4v) is 4.04. The number of aliphatic hydroxyl groups excluding tert-OH is 1. The van der Waals surface area contributed by atoms with Crippen molar-refractivity contribution in [3.05, 3.63) is 53.6 Å². The minimum atomic E-state index is -0.905. The molecule has 1 unspecified atom stereocenters. The van der Waals surface area contributed by atoms with Gasteiger partial charge in [0.2, 0.25) is 5.91 Å². The van der Waals surface area contributed by atoms with Gasteiger partial charge >= 0.3 is 11.8 Å². The van der Waals surface area contributed by atoms with Gasteiger partial charge in [0.15, 0.2) is 0 Å². The first-order chi connectivity index (χ1) is 14.9. The lowest BCUT2D eigenvalue weighted by Crippen LogP contribution is -2.37. The first-order valence-corrected chi connectivity index (χ1v) is 10.4. The maximum Gasteiger partial charge on any atom is 0.313 e. The molecule has 1 atom stereocenters. The molecule has 0 aromatic heterocycles. The number of hydrogen-bond donors (Lipinski definition) is 3. The van der Waals surface area contributed by atoms with Gasteiger partial charge in [-0.15, -0.1) is 0 Å². The van der Waals surface area contributed by atoms with Crippen molar-refractivity contribution < 1.29 is 19.5 Å². The van der Waals surface area contributed by atoms with Crippen molar-refractivity contribution in [2.75, 3.05) is 41.8 Å². The van der Waals surface area contributed by atoms with Crippen LogP contribution in [0.25, 0.3) is 0 Å². The number of likely N-dealkylation sites (N-methyl/N-ethyl adjacent to an activating group) is 1. The highest BCUT2D eigenvalue weighted by Crippen LogP contribution is 2.29. The Bertz CT molecular complexity index is 1020. The third kappa shape index (κ3) is 4.54. The largest absolute Gasteiger partial charge is 0.387 e. The molecule has 2 aromatic carbocycles. The van der Waals surface area contributed by atoms with E-state index in [1.165, 1.54) is 5.56 Å². The quantitative estimate of drug-likeness (QED) is 0.636. The van der Waals surface area contributed by atoms with E-state index >= 15 is 0 Å². The minimum Gasteiger partial charge on any atom is -0.387 e.